The molecule has 3 rings (SSSR count). The minimum atomic E-state index is -0.310. The smallest absolute Gasteiger partial charge is 0.241 e. The number of amides is 1. The molecule has 1 aromatic carbocycles. The van der Waals surface area contributed by atoms with E-state index >= 15 is 0 Å². The molecule has 1 unspecified atom stereocenters. The molecule has 2 aromatic rings. The summed E-state index contributed by atoms with van der Waals surface area (Å²) in [4.78, 5) is 14.6. The molecule has 0 radical (unpaired) electrons. The van der Waals surface area contributed by atoms with Crippen molar-refractivity contribution < 1.29 is 9.53 Å². The second-order valence-corrected chi connectivity index (χ2v) is 7.14. The van der Waals surface area contributed by atoms with Crippen LogP contribution in [0.15, 0.2) is 30.5 Å². The summed E-state index contributed by atoms with van der Waals surface area (Å²) >= 11 is 0. The second-order valence-electron chi connectivity index (χ2n) is 7.14. The molecule has 27 heavy (non-hydrogen) atoms. The molecule has 1 aromatic heterocycles. The molecule has 0 saturated carbocycles. The van der Waals surface area contributed by atoms with Gasteiger partial charge in [0, 0.05) is 44.4 Å². The number of hydrogen-bond donors (Lipinski definition) is 2. The minimum absolute atomic E-state index is 0.00703. The number of hydrogen-bond acceptors (Lipinski definition) is 5. The fourth-order valence-electron chi connectivity index (χ4n) is 3.24. The maximum absolute atomic E-state index is 12.6. The Morgan fingerprint density at radius 3 is 2.89 bits per heavy atom. The van der Waals surface area contributed by atoms with Gasteiger partial charge in [-0.05, 0) is 38.2 Å². The van der Waals surface area contributed by atoms with Gasteiger partial charge in [-0.1, -0.05) is 12.1 Å². The first-order valence-electron chi connectivity index (χ1n) is 9.43. The lowest BCUT2D eigenvalue weighted by molar-refractivity contribution is -0.123. The highest BCUT2D eigenvalue weighted by molar-refractivity contribution is 5.83. The number of carbonyl (C=O) groups is 1. The van der Waals surface area contributed by atoms with E-state index in [2.05, 4.69) is 32.8 Å². The number of benzene rings is 1. The highest BCUT2D eigenvalue weighted by Gasteiger charge is 2.28. The summed E-state index contributed by atoms with van der Waals surface area (Å²) in [5, 5.41) is 10.6. The van der Waals surface area contributed by atoms with Gasteiger partial charge in [0.15, 0.2) is 0 Å². The van der Waals surface area contributed by atoms with E-state index in [0.717, 1.165) is 42.9 Å². The number of rotatable bonds is 8. The fraction of sp³-hybridized carbons (Fsp3) is 0.500. The summed E-state index contributed by atoms with van der Waals surface area (Å²) in [5.41, 5.74) is 3.30. The largest absolute Gasteiger partial charge is 0.492 e. The molecule has 1 atom stereocenters. The molecule has 1 amide bonds. The Hall–Kier alpha value is -2.38. The first-order valence-corrected chi connectivity index (χ1v) is 9.43. The summed E-state index contributed by atoms with van der Waals surface area (Å²) in [6.45, 7) is 2.96. The zero-order valence-corrected chi connectivity index (χ0v) is 16.4. The van der Waals surface area contributed by atoms with Crippen molar-refractivity contribution in [3.63, 3.8) is 0 Å². The van der Waals surface area contributed by atoms with E-state index in [-0.39, 0.29) is 11.9 Å². The Labute approximate surface area is 160 Å². The van der Waals surface area contributed by atoms with Crippen LogP contribution in [0.5, 0.6) is 5.75 Å². The van der Waals surface area contributed by atoms with Gasteiger partial charge < -0.3 is 20.3 Å². The Bertz CT molecular complexity index is 754. The Morgan fingerprint density at radius 2 is 2.15 bits per heavy atom. The van der Waals surface area contributed by atoms with Crippen LogP contribution in [-0.4, -0.2) is 60.9 Å². The van der Waals surface area contributed by atoms with Crippen molar-refractivity contribution in [3.05, 3.63) is 47.3 Å². The van der Waals surface area contributed by atoms with Crippen molar-refractivity contribution in [1.29, 1.82) is 0 Å². The van der Waals surface area contributed by atoms with E-state index in [1.807, 2.05) is 38.0 Å². The molecule has 0 aliphatic carbocycles. The van der Waals surface area contributed by atoms with Gasteiger partial charge in [0.05, 0.1) is 6.20 Å². The molecule has 7 nitrogen and oxygen atoms in total. The van der Waals surface area contributed by atoms with E-state index in [0.29, 0.717) is 13.2 Å². The van der Waals surface area contributed by atoms with Gasteiger partial charge in [0.25, 0.3) is 0 Å². The first kappa shape index (κ1) is 19.4. The van der Waals surface area contributed by atoms with Crippen LogP contribution >= 0.6 is 0 Å². The number of carbonyl (C=O) groups excluding carboxylic acids is 1. The zero-order chi connectivity index (χ0) is 19.2. The lowest BCUT2D eigenvalue weighted by Gasteiger charge is -2.23. The predicted molar refractivity (Wildman–Crippen MR) is 105 cm³/mol. The maximum atomic E-state index is 12.6. The van der Waals surface area contributed by atoms with Crippen molar-refractivity contribution in [2.75, 3.05) is 40.3 Å². The number of aryl methyl sites for hydroxylation is 1. The van der Waals surface area contributed by atoms with Gasteiger partial charge in [-0.15, -0.1) is 0 Å². The average Bonchev–Trinajstić information content (AvgIpc) is 3.04. The molecule has 0 saturated heterocycles. The van der Waals surface area contributed by atoms with E-state index in [9.17, 15) is 4.79 Å². The van der Waals surface area contributed by atoms with E-state index in [4.69, 9.17) is 4.74 Å². The predicted octanol–water partition coefficient (Wildman–Crippen LogP) is 0.906. The van der Waals surface area contributed by atoms with Gasteiger partial charge in [-0.3, -0.25) is 9.48 Å². The Morgan fingerprint density at radius 1 is 1.37 bits per heavy atom. The lowest BCUT2D eigenvalue weighted by Crippen LogP contribution is -2.42. The van der Waals surface area contributed by atoms with Crippen LogP contribution in [0.2, 0.25) is 0 Å². The van der Waals surface area contributed by atoms with Gasteiger partial charge in [-0.25, -0.2) is 0 Å². The van der Waals surface area contributed by atoms with E-state index in [1.165, 1.54) is 5.56 Å². The molecule has 1 aliphatic heterocycles. The van der Waals surface area contributed by atoms with Gasteiger partial charge in [-0.2, -0.15) is 5.10 Å². The third kappa shape index (κ3) is 5.08. The van der Waals surface area contributed by atoms with Crippen LogP contribution in [0.4, 0.5) is 0 Å². The molecule has 0 fully saturated rings. The molecule has 2 heterocycles. The zero-order valence-electron chi connectivity index (χ0n) is 16.4. The Kier molecular flexibility index (Phi) is 6.47. The van der Waals surface area contributed by atoms with Gasteiger partial charge >= 0.3 is 0 Å². The maximum Gasteiger partial charge on any atom is 0.241 e. The molecule has 7 heteroatoms. The molecule has 1 aliphatic rings. The lowest BCUT2D eigenvalue weighted by atomic mass is 10.0. The summed E-state index contributed by atoms with van der Waals surface area (Å²) in [6, 6.07) is 7.76. The highest BCUT2D eigenvalue weighted by Crippen LogP contribution is 2.22. The molecular formula is C20H29N5O2. The normalized spacial score (nSPS) is 16.2. The third-order valence-corrected chi connectivity index (χ3v) is 4.82. The number of likely N-dealkylation sites (N-methyl/N-ethyl adjacent to an activating group) is 1. The van der Waals surface area contributed by atoms with E-state index in [1.54, 1.807) is 6.20 Å². The van der Waals surface area contributed by atoms with Crippen molar-refractivity contribution in [2.24, 2.45) is 7.05 Å². The summed E-state index contributed by atoms with van der Waals surface area (Å²) in [6.07, 6.45) is 3.48. The van der Waals surface area contributed by atoms with Crippen LogP contribution in [-0.2, 0) is 24.7 Å². The van der Waals surface area contributed by atoms with Crippen LogP contribution in [0.1, 0.15) is 22.9 Å². The topological polar surface area (TPSA) is 71.4 Å². The quantitative estimate of drug-likeness (QED) is 0.722. The number of nitrogens with one attached hydrogen (secondary N) is 2. The highest BCUT2D eigenvalue weighted by atomic mass is 16.5. The summed E-state index contributed by atoms with van der Waals surface area (Å²) in [7, 11) is 5.98. The monoisotopic (exact) mass is 371 g/mol. The molecular weight excluding hydrogens is 342 g/mol. The van der Waals surface area contributed by atoms with Gasteiger partial charge in [0.2, 0.25) is 5.91 Å². The number of nitrogens with zero attached hydrogens (tertiary/aromatic N) is 3. The van der Waals surface area contributed by atoms with Crippen LogP contribution < -0.4 is 15.4 Å². The number of fused-ring (bicyclic) bond motifs is 1. The van der Waals surface area contributed by atoms with Crippen molar-refractivity contribution in [1.82, 2.24) is 25.3 Å². The van der Waals surface area contributed by atoms with Crippen LogP contribution in [0, 0.1) is 0 Å². The molecule has 146 valence electrons. The van der Waals surface area contributed by atoms with Crippen molar-refractivity contribution in [3.8, 4) is 5.75 Å². The molecule has 0 spiro atoms. The van der Waals surface area contributed by atoms with Gasteiger partial charge in [0.1, 0.15) is 18.4 Å². The summed E-state index contributed by atoms with van der Waals surface area (Å²) in [5.74, 6) is 0.882. The standard InChI is InChI=1S/C20H29N5O2/c1-24(2)12-13-27-16-6-4-15(5-7-16)8-10-22-20(26)19-17-14-23-25(3)18(17)9-11-21-19/h4-7,14,19,21H,8-13H2,1-3H3,(H,22,26). The fourth-order valence-corrected chi connectivity index (χ4v) is 3.24. The SMILES string of the molecule is CN(C)CCOc1ccc(CCNC(=O)C2NCCc3c2cnn3C)cc1. The molecule has 2 N–H and O–H groups in total. The van der Waals surface area contributed by atoms with Crippen LogP contribution in [0.25, 0.3) is 0 Å². The number of aromatic nitrogens is 2. The minimum Gasteiger partial charge on any atom is -0.492 e. The third-order valence-electron chi connectivity index (χ3n) is 4.82. The van der Waals surface area contributed by atoms with E-state index < -0.39 is 0 Å². The van der Waals surface area contributed by atoms with Crippen LogP contribution in [0.3, 0.4) is 0 Å². The first-order chi connectivity index (χ1) is 13.0. The molecule has 0 bridgehead atoms. The number of ether oxygens (including phenoxy) is 1. The second kappa shape index (κ2) is 9.01. The van der Waals surface area contributed by atoms with Crippen molar-refractivity contribution >= 4 is 5.91 Å². The average molecular weight is 371 g/mol. The summed E-state index contributed by atoms with van der Waals surface area (Å²) < 4.78 is 7.56. The Balaban J connectivity index is 1.45. The van der Waals surface area contributed by atoms with Crippen molar-refractivity contribution in [2.45, 2.75) is 18.9 Å².